The maximum Gasteiger partial charge on any atom is 0.322 e. The summed E-state index contributed by atoms with van der Waals surface area (Å²) < 4.78 is 13.1. The molecule has 1 aliphatic carbocycles. The zero-order valence-corrected chi connectivity index (χ0v) is 11.6. The van der Waals surface area contributed by atoms with Crippen molar-refractivity contribution in [3.63, 3.8) is 0 Å². The van der Waals surface area contributed by atoms with E-state index in [2.05, 4.69) is 5.32 Å². The van der Waals surface area contributed by atoms with Crippen LogP contribution in [0.5, 0.6) is 0 Å². The maximum atomic E-state index is 13.1. The molecular weight excluding hydrogens is 257 g/mol. The first kappa shape index (κ1) is 14.8. The third kappa shape index (κ3) is 3.93. The van der Waals surface area contributed by atoms with E-state index in [1.54, 1.807) is 17.0 Å². The molecule has 0 saturated heterocycles. The lowest BCUT2D eigenvalue weighted by Gasteiger charge is -2.34. The third-order valence-electron chi connectivity index (χ3n) is 3.72. The molecule has 0 unspecified atom stereocenters. The molecule has 0 atom stereocenters. The van der Waals surface area contributed by atoms with Crippen LogP contribution in [0.2, 0.25) is 0 Å². The average molecular weight is 279 g/mol. The highest BCUT2D eigenvalue weighted by molar-refractivity contribution is 5.89. The van der Waals surface area contributed by atoms with Crippen molar-refractivity contribution in [2.24, 2.45) is 5.73 Å². The Bertz CT molecular complexity index is 446. The van der Waals surface area contributed by atoms with E-state index < -0.39 is 0 Å². The second-order valence-electron chi connectivity index (χ2n) is 5.21. The van der Waals surface area contributed by atoms with Crippen LogP contribution in [0.15, 0.2) is 24.3 Å². The second-order valence-corrected chi connectivity index (χ2v) is 5.21. The van der Waals surface area contributed by atoms with Crippen molar-refractivity contribution in [1.82, 2.24) is 4.90 Å². The van der Waals surface area contributed by atoms with Gasteiger partial charge in [-0.15, -0.1) is 0 Å². The molecule has 5 heteroatoms. The Morgan fingerprint density at radius 1 is 1.35 bits per heavy atom. The van der Waals surface area contributed by atoms with Gasteiger partial charge in [-0.25, -0.2) is 9.18 Å². The lowest BCUT2D eigenvalue weighted by atomic mass is 9.94. The molecule has 1 saturated carbocycles. The van der Waals surface area contributed by atoms with E-state index in [4.69, 9.17) is 5.73 Å². The fraction of sp³-hybridized carbons (Fsp3) is 0.533. The van der Waals surface area contributed by atoms with E-state index in [0.29, 0.717) is 18.8 Å². The van der Waals surface area contributed by atoms with Crippen LogP contribution in [0.1, 0.15) is 32.1 Å². The van der Waals surface area contributed by atoms with Crippen molar-refractivity contribution in [3.05, 3.63) is 30.1 Å². The fourth-order valence-corrected chi connectivity index (χ4v) is 2.74. The highest BCUT2D eigenvalue weighted by Gasteiger charge is 2.24. The first-order valence-electron chi connectivity index (χ1n) is 7.24. The summed E-state index contributed by atoms with van der Waals surface area (Å²) >= 11 is 0. The second kappa shape index (κ2) is 7.24. The number of rotatable bonds is 4. The summed E-state index contributed by atoms with van der Waals surface area (Å²) in [5.74, 6) is -0.356. The van der Waals surface area contributed by atoms with Crippen LogP contribution in [-0.4, -0.2) is 30.1 Å². The van der Waals surface area contributed by atoms with Crippen molar-refractivity contribution in [1.29, 1.82) is 0 Å². The number of amides is 2. The van der Waals surface area contributed by atoms with Crippen LogP contribution in [0, 0.1) is 5.82 Å². The fourth-order valence-electron chi connectivity index (χ4n) is 2.74. The topological polar surface area (TPSA) is 58.4 Å². The van der Waals surface area contributed by atoms with Gasteiger partial charge in [-0.2, -0.15) is 0 Å². The Hall–Kier alpha value is -1.62. The van der Waals surface area contributed by atoms with E-state index in [9.17, 15) is 9.18 Å². The van der Waals surface area contributed by atoms with E-state index in [-0.39, 0.29) is 17.9 Å². The first-order chi connectivity index (χ1) is 9.70. The molecule has 1 aliphatic rings. The number of urea groups is 1. The molecule has 2 rings (SSSR count). The van der Waals surface area contributed by atoms with Crippen LogP contribution in [0.25, 0.3) is 0 Å². The molecule has 1 fully saturated rings. The first-order valence-corrected chi connectivity index (χ1v) is 7.24. The van der Waals surface area contributed by atoms with Gasteiger partial charge >= 0.3 is 6.03 Å². The normalized spacial score (nSPS) is 15.9. The number of benzene rings is 1. The van der Waals surface area contributed by atoms with E-state index in [1.165, 1.54) is 18.6 Å². The van der Waals surface area contributed by atoms with Crippen LogP contribution in [0.3, 0.4) is 0 Å². The minimum atomic E-state index is -0.356. The van der Waals surface area contributed by atoms with Crippen LogP contribution in [0.4, 0.5) is 14.9 Å². The van der Waals surface area contributed by atoms with Gasteiger partial charge in [-0.05, 0) is 31.0 Å². The number of nitrogens with zero attached hydrogens (tertiary/aromatic N) is 1. The molecule has 2 amide bonds. The van der Waals surface area contributed by atoms with Gasteiger partial charge in [0.2, 0.25) is 0 Å². The monoisotopic (exact) mass is 279 g/mol. The largest absolute Gasteiger partial charge is 0.329 e. The van der Waals surface area contributed by atoms with Crippen LogP contribution < -0.4 is 11.1 Å². The molecule has 20 heavy (non-hydrogen) atoms. The van der Waals surface area contributed by atoms with Crippen LogP contribution >= 0.6 is 0 Å². The quantitative estimate of drug-likeness (QED) is 0.890. The number of anilines is 1. The van der Waals surface area contributed by atoms with Gasteiger partial charge in [-0.1, -0.05) is 25.3 Å². The number of carbonyl (C=O) groups excluding carboxylic acids is 1. The summed E-state index contributed by atoms with van der Waals surface area (Å²) in [5, 5.41) is 2.76. The predicted octanol–water partition coefficient (Wildman–Crippen LogP) is 2.95. The van der Waals surface area contributed by atoms with Gasteiger partial charge in [-0.3, -0.25) is 0 Å². The van der Waals surface area contributed by atoms with Crippen LogP contribution in [-0.2, 0) is 0 Å². The molecule has 0 aliphatic heterocycles. The summed E-state index contributed by atoms with van der Waals surface area (Å²) in [5.41, 5.74) is 6.09. The van der Waals surface area contributed by atoms with Crippen molar-refractivity contribution in [3.8, 4) is 0 Å². The standard InChI is InChI=1S/C15H22FN3O/c16-12-5-4-6-13(11-12)18-15(20)19(10-9-17)14-7-2-1-3-8-14/h4-6,11,14H,1-3,7-10,17H2,(H,18,20). The highest BCUT2D eigenvalue weighted by Crippen LogP contribution is 2.23. The predicted molar refractivity (Wildman–Crippen MR) is 78.1 cm³/mol. The number of nitrogens with one attached hydrogen (secondary N) is 1. The number of hydrogen-bond donors (Lipinski definition) is 2. The van der Waals surface area contributed by atoms with Crippen molar-refractivity contribution in [2.75, 3.05) is 18.4 Å². The molecule has 1 aromatic rings. The number of carbonyl (C=O) groups is 1. The maximum absolute atomic E-state index is 13.1. The Morgan fingerprint density at radius 2 is 2.10 bits per heavy atom. The van der Waals surface area contributed by atoms with E-state index in [0.717, 1.165) is 25.7 Å². The third-order valence-corrected chi connectivity index (χ3v) is 3.72. The van der Waals surface area contributed by atoms with E-state index >= 15 is 0 Å². The van der Waals surface area contributed by atoms with Gasteiger partial charge in [0.1, 0.15) is 5.82 Å². The summed E-state index contributed by atoms with van der Waals surface area (Å²) in [7, 11) is 0. The summed E-state index contributed by atoms with van der Waals surface area (Å²) in [6, 6.07) is 6.00. The molecule has 0 spiro atoms. The number of halogens is 1. The highest BCUT2D eigenvalue weighted by atomic mass is 19.1. The lowest BCUT2D eigenvalue weighted by Crippen LogP contribution is -2.46. The van der Waals surface area contributed by atoms with Gasteiger partial charge in [0.15, 0.2) is 0 Å². The Labute approximate surface area is 119 Å². The molecule has 0 aromatic heterocycles. The molecule has 4 nitrogen and oxygen atoms in total. The SMILES string of the molecule is NCCN(C(=O)Nc1cccc(F)c1)C1CCCCC1. The summed E-state index contributed by atoms with van der Waals surface area (Å²) in [6.45, 7) is 0.971. The smallest absolute Gasteiger partial charge is 0.322 e. The van der Waals surface area contributed by atoms with Gasteiger partial charge < -0.3 is 16.0 Å². The summed E-state index contributed by atoms with van der Waals surface area (Å²) in [4.78, 5) is 14.1. The zero-order chi connectivity index (χ0) is 14.4. The minimum absolute atomic E-state index is 0.187. The molecule has 110 valence electrons. The summed E-state index contributed by atoms with van der Waals surface area (Å²) in [6.07, 6.45) is 5.59. The molecule has 0 radical (unpaired) electrons. The van der Waals surface area contributed by atoms with Crippen molar-refractivity contribution in [2.45, 2.75) is 38.1 Å². The minimum Gasteiger partial charge on any atom is -0.329 e. The van der Waals surface area contributed by atoms with Crippen molar-refractivity contribution < 1.29 is 9.18 Å². The van der Waals surface area contributed by atoms with E-state index in [1.807, 2.05) is 0 Å². The molecule has 1 aromatic carbocycles. The number of nitrogens with two attached hydrogens (primary N) is 1. The number of hydrogen-bond acceptors (Lipinski definition) is 2. The molecule has 0 bridgehead atoms. The van der Waals surface area contributed by atoms with Gasteiger partial charge in [0, 0.05) is 24.8 Å². The Kier molecular flexibility index (Phi) is 5.35. The average Bonchev–Trinajstić information content (AvgIpc) is 2.45. The molecule has 3 N–H and O–H groups in total. The zero-order valence-electron chi connectivity index (χ0n) is 11.6. The lowest BCUT2D eigenvalue weighted by molar-refractivity contribution is 0.169. The van der Waals surface area contributed by atoms with Gasteiger partial charge in [0.05, 0.1) is 0 Å². The van der Waals surface area contributed by atoms with Gasteiger partial charge in [0.25, 0.3) is 0 Å². The molecule has 0 heterocycles. The molecular formula is C15H22FN3O. The Balaban J connectivity index is 2.02. The van der Waals surface area contributed by atoms with Crippen molar-refractivity contribution >= 4 is 11.7 Å². The Morgan fingerprint density at radius 3 is 2.75 bits per heavy atom.